The van der Waals surface area contributed by atoms with E-state index in [2.05, 4.69) is 18.7 Å². The molecule has 2 aliphatic rings. The summed E-state index contributed by atoms with van der Waals surface area (Å²) < 4.78 is 0. The molecule has 82 valence electrons. The second-order valence-corrected chi connectivity index (χ2v) is 4.62. The van der Waals surface area contributed by atoms with Crippen molar-refractivity contribution in [1.82, 2.24) is 4.90 Å². The number of amides is 1. The number of carbonyl (C=O) groups is 1. The number of carbonyl (C=O) groups excluding carboxylic acids is 1. The normalized spacial score (nSPS) is 28.6. The first kappa shape index (κ1) is 9.64. The lowest BCUT2D eigenvalue weighted by atomic mass is 9.88. The minimum absolute atomic E-state index is 0.163. The van der Waals surface area contributed by atoms with Gasteiger partial charge in [-0.3, -0.25) is 4.79 Å². The molecule has 2 heterocycles. The van der Waals surface area contributed by atoms with Crippen molar-refractivity contribution in [3.05, 3.63) is 48.0 Å². The summed E-state index contributed by atoms with van der Waals surface area (Å²) in [5, 5.41) is 0. The van der Waals surface area contributed by atoms with Crippen LogP contribution in [0.1, 0.15) is 24.3 Å². The summed E-state index contributed by atoms with van der Waals surface area (Å²) in [6, 6.07) is 10.6. The lowest BCUT2D eigenvalue weighted by Crippen LogP contribution is -2.28. The fourth-order valence-electron chi connectivity index (χ4n) is 3.02. The minimum atomic E-state index is 0.163. The Kier molecular flexibility index (Phi) is 2.10. The van der Waals surface area contributed by atoms with Crippen LogP contribution in [-0.2, 0) is 4.79 Å². The predicted octanol–water partition coefficient (Wildman–Crippen LogP) is 2.33. The number of fused-ring (bicyclic) bond motifs is 1. The summed E-state index contributed by atoms with van der Waals surface area (Å²) in [6.07, 6.45) is 2.25. The third kappa shape index (κ3) is 1.22. The van der Waals surface area contributed by atoms with Crippen LogP contribution in [0.15, 0.2) is 42.5 Å². The van der Waals surface area contributed by atoms with Crippen LogP contribution in [0.25, 0.3) is 0 Å². The number of nitrogens with zero attached hydrogens (tertiary/aromatic N) is 1. The van der Waals surface area contributed by atoms with Gasteiger partial charge in [0.2, 0.25) is 5.91 Å². The molecule has 0 saturated carbocycles. The molecular weight excluding hydrogens is 198 g/mol. The molecule has 0 aromatic heterocycles. The fourth-order valence-corrected chi connectivity index (χ4v) is 3.02. The number of benzene rings is 1. The number of rotatable bonds is 1. The molecule has 0 aliphatic carbocycles. The lowest BCUT2D eigenvalue weighted by Gasteiger charge is -2.19. The van der Waals surface area contributed by atoms with Gasteiger partial charge in [-0.1, -0.05) is 36.9 Å². The van der Waals surface area contributed by atoms with E-state index in [1.165, 1.54) is 5.56 Å². The maximum atomic E-state index is 12.0. The van der Waals surface area contributed by atoms with Crippen molar-refractivity contribution in [2.24, 2.45) is 0 Å². The Morgan fingerprint density at radius 3 is 2.75 bits per heavy atom. The van der Waals surface area contributed by atoms with Gasteiger partial charge in [0.05, 0.1) is 0 Å². The van der Waals surface area contributed by atoms with Gasteiger partial charge in [0.15, 0.2) is 0 Å². The lowest BCUT2D eigenvalue weighted by molar-refractivity contribution is -0.125. The molecule has 0 bridgehead atoms. The zero-order valence-corrected chi connectivity index (χ0v) is 9.23. The van der Waals surface area contributed by atoms with Gasteiger partial charge in [0, 0.05) is 24.1 Å². The summed E-state index contributed by atoms with van der Waals surface area (Å²) in [6.45, 7) is 4.89. The van der Waals surface area contributed by atoms with Crippen LogP contribution in [0.5, 0.6) is 0 Å². The molecular formula is C14H15NO. The zero-order valence-electron chi connectivity index (χ0n) is 9.23. The highest BCUT2D eigenvalue weighted by Crippen LogP contribution is 2.42. The Morgan fingerprint density at radius 2 is 2.00 bits per heavy atom. The highest BCUT2D eigenvalue weighted by Gasteiger charge is 2.45. The van der Waals surface area contributed by atoms with Crippen LogP contribution in [0.3, 0.4) is 0 Å². The monoisotopic (exact) mass is 213 g/mol. The van der Waals surface area contributed by atoms with E-state index in [0.717, 1.165) is 25.0 Å². The van der Waals surface area contributed by atoms with Crippen molar-refractivity contribution in [3.8, 4) is 0 Å². The molecule has 2 aliphatic heterocycles. The molecule has 2 atom stereocenters. The molecule has 1 aromatic rings. The van der Waals surface area contributed by atoms with Gasteiger partial charge >= 0.3 is 0 Å². The molecule has 2 nitrogen and oxygen atoms in total. The van der Waals surface area contributed by atoms with E-state index in [0.29, 0.717) is 6.04 Å². The van der Waals surface area contributed by atoms with Crippen molar-refractivity contribution < 1.29 is 4.79 Å². The Bertz CT molecular complexity index is 437. The van der Waals surface area contributed by atoms with Crippen molar-refractivity contribution in [2.45, 2.75) is 24.8 Å². The molecule has 2 saturated heterocycles. The van der Waals surface area contributed by atoms with Crippen LogP contribution < -0.4 is 0 Å². The third-order valence-electron chi connectivity index (χ3n) is 3.75. The summed E-state index contributed by atoms with van der Waals surface area (Å²) in [4.78, 5) is 14.0. The Morgan fingerprint density at radius 1 is 1.25 bits per heavy atom. The topological polar surface area (TPSA) is 20.3 Å². The van der Waals surface area contributed by atoms with Crippen molar-refractivity contribution >= 4 is 5.91 Å². The highest BCUT2D eigenvalue weighted by molar-refractivity contribution is 5.98. The van der Waals surface area contributed by atoms with E-state index >= 15 is 0 Å². The first-order valence-electron chi connectivity index (χ1n) is 5.84. The van der Waals surface area contributed by atoms with E-state index in [-0.39, 0.29) is 11.8 Å². The first-order valence-corrected chi connectivity index (χ1v) is 5.84. The molecule has 0 unspecified atom stereocenters. The van der Waals surface area contributed by atoms with Crippen molar-refractivity contribution in [1.29, 1.82) is 0 Å². The Hall–Kier alpha value is -1.57. The van der Waals surface area contributed by atoms with Gasteiger partial charge in [-0.25, -0.2) is 0 Å². The van der Waals surface area contributed by atoms with Gasteiger partial charge in [-0.2, -0.15) is 0 Å². The van der Waals surface area contributed by atoms with E-state index in [1.54, 1.807) is 0 Å². The van der Waals surface area contributed by atoms with E-state index in [9.17, 15) is 4.79 Å². The second-order valence-electron chi connectivity index (χ2n) is 4.62. The zero-order chi connectivity index (χ0) is 11.1. The number of hydrogen-bond acceptors (Lipinski definition) is 1. The van der Waals surface area contributed by atoms with Crippen LogP contribution >= 0.6 is 0 Å². The Labute approximate surface area is 95.6 Å². The summed E-state index contributed by atoms with van der Waals surface area (Å²) in [5.74, 6) is 0.382. The van der Waals surface area contributed by atoms with E-state index in [1.807, 2.05) is 23.1 Å². The highest BCUT2D eigenvalue weighted by atomic mass is 16.2. The molecule has 0 N–H and O–H groups in total. The maximum Gasteiger partial charge on any atom is 0.250 e. The molecule has 2 heteroatoms. The molecule has 3 rings (SSSR count). The standard InChI is InChI=1S/C14H15NO/c1-10-13(11-6-3-2-4-7-11)12-8-5-9-15(12)14(10)16/h2-4,6-7,12-13H,1,5,8-9H2/t12-,13-/m1/s1. The summed E-state index contributed by atoms with van der Waals surface area (Å²) in [7, 11) is 0. The van der Waals surface area contributed by atoms with E-state index in [4.69, 9.17) is 0 Å². The molecule has 1 aromatic carbocycles. The first-order chi connectivity index (χ1) is 7.79. The molecule has 16 heavy (non-hydrogen) atoms. The number of hydrogen-bond donors (Lipinski definition) is 0. The van der Waals surface area contributed by atoms with Gasteiger partial charge in [-0.15, -0.1) is 0 Å². The van der Waals surface area contributed by atoms with Crippen molar-refractivity contribution in [3.63, 3.8) is 0 Å². The van der Waals surface area contributed by atoms with Gasteiger partial charge in [0.1, 0.15) is 0 Å². The average Bonchev–Trinajstić information content (AvgIpc) is 2.86. The molecule has 0 spiro atoms. The fraction of sp³-hybridized carbons (Fsp3) is 0.357. The van der Waals surface area contributed by atoms with Crippen LogP contribution in [0.2, 0.25) is 0 Å². The van der Waals surface area contributed by atoms with Crippen LogP contribution in [0, 0.1) is 0 Å². The molecule has 0 radical (unpaired) electrons. The van der Waals surface area contributed by atoms with Crippen molar-refractivity contribution in [2.75, 3.05) is 6.54 Å². The molecule has 1 amide bonds. The minimum Gasteiger partial charge on any atom is -0.335 e. The smallest absolute Gasteiger partial charge is 0.250 e. The van der Waals surface area contributed by atoms with Crippen LogP contribution in [-0.4, -0.2) is 23.4 Å². The average molecular weight is 213 g/mol. The summed E-state index contributed by atoms with van der Waals surface area (Å²) in [5.41, 5.74) is 2.01. The van der Waals surface area contributed by atoms with Crippen LogP contribution in [0.4, 0.5) is 0 Å². The predicted molar refractivity (Wildman–Crippen MR) is 63.1 cm³/mol. The molecule has 2 fully saturated rings. The summed E-state index contributed by atoms with van der Waals surface area (Å²) >= 11 is 0. The van der Waals surface area contributed by atoms with Gasteiger partial charge < -0.3 is 4.90 Å². The SMILES string of the molecule is C=C1C(=O)N2CCC[C@@H]2[C@H]1c1ccccc1. The third-order valence-corrected chi connectivity index (χ3v) is 3.75. The second kappa shape index (κ2) is 3.48. The van der Waals surface area contributed by atoms with E-state index < -0.39 is 0 Å². The quantitative estimate of drug-likeness (QED) is 0.656. The van der Waals surface area contributed by atoms with Gasteiger partial charge in [-0.05, 0) is 18.4 Å². The maximum absolute atomic E-state index is 12.0. The Balaban J connectivity index is 2.01. The van der Waals surface area contributed by atoms with Gasteiger partial charge in [0.25, 0.3) is 0 Å². The largest absolute Gasteiger partial charge is 0.335 e.